The van der Waals surface area contributed by atoms with Crippen LogP contribution in [0.5, 0.6) is 5.75 Å². The molecule has 4 rings (SSSR count). The molecule has 1 aliphatic carbocycles. The Morgan fingerprint density at radius 3 is 2.51 bits per heavy atom. The summed E-state index contributed by atoms with van der Waals surface area (Å²) in [6, 6.07) is 18.0. The van der Waals surface area contributed by atoms with Gasteiger partial charge in [0.05, 0.1) is 6.10 Å². The fraction of sp³-hybridized carbons (Fsp3) is 0.393. The van der Waals surface area contributed by atoms with Crippen molar-refractivity contribution in [1.82, 2.24) is 15.3 Å². The van der Waals surface area contributed by atoms with Crippen LogP contribution in [-0.2, 0) is 23.5 Å². The molecule has 7 heteroatoms. The van der Waals surface area contributed by atoms with Crippen LogP contribution in [0.4, 0.5) is 0 Å². The summed E-state index contributed by atoms with van der Waals surface area (Å²) in [4.78, 5) is 32.4. The fourth-order valence-corrected chi connectivity index (χ4v) is 5.12. The van der Waals surface area contributed by atoms with Gasteiger partial charge in [-0.05, 0) is 62.3 Å². The summed E-state index contributed by atoms with van der Waals surface area (Å²) in [7, 11) is 0. The molecule has 1 saturated carbocycles. The summed E-state index contributed by atoms with van der Waals surface area (Å²) in [6.45, 7) is 2.27. The number of hydrogen-bond donors (Lipinski definition) is 2. The van der Waals surface area contributed by atoms with Gasteiger partial charge < -0.3 is 15.0 Å². The van der Waals surface area contributed by atoms with Gasteiger partial charge in [-0.15, -0.1) is 0 Å². The van der Waals surface area contributed by atoms with E-state index >= 15 is 0 Å². The third kappa shape index (κ3) is 7.72. The molecule has 0 spiro atoms. The molecule has 3 aromatic rings. The van der Waals surface area contributed by atoms with E-state index in [-0.39, 0.29) is 17.9 Å². The number of nitrogens with one attached hydrogen (secondary N) is 2. The van der Waals surface area contributed by atoms with Crippen molar-refractivity contribution in [3.05, 3.63) is 87.3 Å². The first-order valence-corrected chi connectivity index (χ1v) is 13.3. The number of carbonyl (C=O) groups is 1. The molecule has 2 aromatic carbocycles. The molecule has 0 unspecified atom stereocenters. The van der Waals surface area contributed by atoms with E-state index in [0.717, 1.165) is 29.9 Å². The van der Waals surface area contributed by atoms with Crippen molar-refractivity contribution in [2.24, 2.45) is 0 Å². The van der Waals surface area contributed by atoms with Crippen molar-refractivity contribution in [2.75, 3.05) is 0 Å². The number of aromatic nitrogens is 2. The average molecular weight is 492 g/mol. The first-order chi connectivity index (χ1) is 17.1. The van der Waals surface area contributed by atoms with Gasteiger partial charge in [0.25, 0.3) is 5.56 Å². The highest BCUT2D eigenvalue weighted by Crippen LogP contribution is 2.23. The summed E-state index contributed by atoms with van der Waals surface area (Å²) in [5.41, 5.74) is 3.25. The predicted molar refractivity (Wildman–Crippen MR) is 140 cm³/mol. The monoisotopic (exact) mass is 491 g/mol. The minimum absolute atomic E-state index is 0.0890. The Morgan fingerprint density at radius 2 is 1.80 bits per heavy atom. The third-order valence-corrected chi connectivity index (χ3v) is 7.23. The molecule has 0 radical (unpaired) electrons. The van der Waals surface area contributed by atoms with E-state index in [1.165, 1.54) is 36.6 Å². The van der Waals surface area contributed by atoms with Crippen LogP contribution < -0.4 is 15.6 Å². The van der Waals surface area contributed by atoms with Crippen LogP contribution in [0.1, 0.15) is 60.9 Å². The van der Waals surface area contributed by atoms with Gasteiger partial charge in [0.1, 0.15) is 5.75 Å². The van der Waals surface area contributed by atoms with Crippen molar-refractivity contribution in [2.45, 2.75) is 75.4 Å². The lowest BCUT2D eigenvalue weighted by molar-refractivity contribution is -0.121. The van der Waals surface area contributed by atoms with Crippen LogP contribution in [0.2, 0.25) is 0 Å². The number of hydrogen-bond acceptors (Lipinski definition) is 5. The van der Waals surface area contributed by atoms with Gasteiger partial charge in [-0.1, -0.05) is 60.6 Å². The smallest absolute Gasteiger partial charge is 0.254 e. The molecule has 1 aliphatic rings. The molecule has 35 heavy (non-hydrogen) atoms. The van der Waals surface area contributed by atoms with Crippen molar-refractivity contribution in [1.29, 1.82) is 0 Å². The molecule has 2 N–H and O–H groups in total. The number of H-pyrrole nitrogens is 1. The largest absolute Gasteiger partial charge is 0.490 e. The summed E-state index contributed by atoms with van der Waals surface area (Å²) in [6.07, 6.45) is 6.98. The fourth-order valence-electron chi connectivity index (χ4n) is 4.26. The second kappa shape index (κ2) is 12.6. The lowest BCUT2D eigenvalue weighted by atomic mass is 9.98. The molecular formula is C28H33N3O3S. The number of nitrogens with zero attached hydrogens (tertiary/aromatic N) is 1. The lowest BCUT2D eigenvalue weighted by Gasteiger charge is -2.23. The van der Waals surface area contributed by atoms with Gasteiger partial charge in [-0.25, -0.2) is 4.98 Å². The highest BCUT2D eigenvalue weighted by Gasteiger charge is 2.15. The highest BCUT2D eigenvalue weighted by atomic mass is 32.2. The molecule has 1 fully saturated rings. The Balaban J connectivity index is 1.22. The standard InChI is InChI=1S/C28H33N3O3S/c1-20-25(27(33)31-28(30-20)35-19-22-8-4-2-5-9-22)16-17-26(32)29-18-21-12-14-24(15-13-21)34-23-10-6-3-7-11-23/h2,4-5,8-9,12-15,23H,3,6-7,10-11,16-19H2,1H3,(H,29,32)(H,30,31,33). The Morgan fingerprint density at radius 1 is 1.06 bits per heavy atom. The number of benzene rings is 2. The van der Waals surface area contributed by atoms with Crippen LogP contribution in [0.25, 0.3) is 0 Å². The van der Waals surface area contributed by atoms with Gasteiger partial charge in [-0.3, -0.25) is 9.59 Å². The third-order valence-electron chi connectivity index (χ3n) is 6.29. The van der Waals surface area contributed by atoms with Gasteiger partial charge in [0.2, 0.25) is 5.91 Å². The van der Waals surface area contributed by atoms with Crippen LogP contribution >= 0.6 is 11.8 Å². The Kier molecular flexibility index (Phi) is 9.01. The molecule has 1 heterocycles. The summed E-state index contributed by atoms with van der Waals surface area (Å²) in [5.74, 6) is 1.53. The van der Waals surface area contributed by atoms with Crippen molar-refractivity contribution < 1.29 is 9.53 Å². The molecular weight excluding hydrogens is 458 g/mol. The Hall–Kier alpha value is -3.06. The lowest BCUT2D eigenvalue weighted by Crippen LogP contribution is -2.25. The van der Waals surface area contributed by atoms with E-state index < -0.39 is 0 Å². The minimum Gasteiger partial charge on any atom is -0.490 e. The van der Waals surface area contributed by atoms with Crippen LogP contribution in [-0.4, -0.2) is 22.0 Å². The molecule has 1 amide bonds. The quantitative estimate of drug-likeness (QED) is 0.296. The van der Waals surface area contributed by atoms with Gasteiger partial charge in [-0.2, -0.15) is 0 Å². The maximum Gasteiger partial charge on any atom is 0.254 e. The number of rotatable bonds is 10. The van der Waals surface area contributed by atoms with E-state index in [4.69, 9.17) is 4.74 Å². The maximum atomic E-state index is 12.6. The minimum atomic E-state index is -0.172. The Labute approximate surface area is 210 Å². The second-order valence-electron chi connectivity index (χ2n) is 9.01. The second-order valence-corrected chi connectivity index (χ2v) is 9.97. The van der Waals surface area contributed by atoms with E-state index in [1.54, 1.807) is 0 Å². The summed E-state index contributed by atoms with van der Waals surface area (Å²) < 4.78 is 6.06. The van der Waals surface area contributed by atoms with Gasteiger partial charge in [0, 0.05) is 30.0 Å². The SMILES string of the molecule is Cc1nc(SCc2ccccc2)[nH]c(=O)c1CCC(=O)NCc1ccc(OC2CCCCC2)cc1. The number of thioether (sulfide) groups is 1. The number of aromatic amines is 1. The van der Waals surface area contributed by atoms with Crippen LogP contribution in [0.15, 0.2) is 64.5 Å². The summed E-state index contributed by atoms with van der Waals surface area (Å²) in [5, 5.41) is 3.54. The predicted octanol–water partition coefficient (Wildman–Crippen LogP) is 5.33. The zero-order valence-corrected chi connectivity index (χ0v) is 21.0. The van der Waals surface area contributed by atoms with Crippen molar-refractivity contribution >= 4 is 17.7 Å². The number of ether oxygens (including phenoxy) is 1. The first kappa shape index (κ1) is 25.0. The normalized spacial score (nSPS) is 14.0. The zero-order chi connectivity index (χ0) is 24.5. The first-order valence-electron chi connectivity index (χ1n) is 12.4. The topological polar surface area (TPSA) is 84.1 Å². The molecule has 0 bridgehead atoms. The van der Waals surface area contributed by atoms with Crippen molar-refractivity contribution in [3.63, 3.8) is 0 Å². The van der Waals surface area contributed by atoms with Gasteiger partial charge >= 0.3 is 0 Å². The molecule has 0 saturated heterocycles. The van der Waals surface area contributed by atoms with Gasteiger partial charge in [0.15, 0.2) is 5.16 Å². The molecule has 1 aromatic heterocycles. The van der Waals surface area contributed by atoms with E-state index in [9.17, 15) is 9.59 Å². The van der Waals surface area contributed by atoms with E-state index in [2.05, 4.69) is 15.3 Å². The molecule has 0 atom stereocenters. The number of aryl methyl sites for hydroxylation is 1. The average Bonchev–Trinajstić information content (AvgIpc) is 2.88. The number of carbonyl (C=O) groups excluding carboxylic acids is 1. The molecule has 6 nitrogen and oxygen atoms in total. The van der Waals surface area contributed by atoms with E-state index in [0.29, 0.717) is 35.5 Å². The van der Waals surface area contributed by atoms with Crippen LogP contribution in [0, 0.1) is 6.92 Å². The number of amides is 1. The van der Waals surface area contributed by atoms with Crippen LogP contribution in [0.3, 0.4) is 0 Å². The molecule has 184 valence electrons. The maximum absolute atomic E-state index is 12.6. The zero-order valence-electron chi connectivity index (χ0n) is 20.2. The van der Waals surface area contributed by atoms with E-state index in [1.807, 2.05) is 61.5 Å². The Bertz CT molecular complexity index is 1160. The molecule has 0 aliphatic heterocycles. The van der Waals surface area contributed by atoms with Crippen molar-refractivity contribution in [3.8, 4) is 5.75 Å². The summed E-state index contributed by atoms with van der Waals surface area (Å²) >= 11 is 1.50. The highest BCUT2D eigenvalue weighted by molar-refractivity contribution is 7.98.